The maximum atomic E-state index is 12.4. The third kappa shape index (κ3) is 6.39. The first-order valence-corrected chi connectivity index (χ1v) is 11.4. The van der Waals surface area contributed by atoms with E-state index < -0.39 is 11.3 Å². The Kier molecular flexibility index (Phi) is 7.87. The third-order valence-corrected chi connectivity index (χ3v) is 6.43. The molecule has 1 aliphatic rings. The summed E-state index contributed by atoms with van der Waals surface area (Å²) < 4.78 is 47.3. The second kappa shape index (κ2) is 10.4. The minimum absolute atomic E-state index is 0.0912. The summed E-state index contributed by atoms with van der Waals surface area (Å²) in [5, 5.41) is 11.8. The number of nitrogens with zero attached hydrogens (tertiary/aromatic N) is 1. The zero-order valence-electron chi connectivity index (χ0n) is 19.1. The number of rotatable bonds is 8. The molecule has 3 rings (SSSR count). The number of hydrogen-bond acceptors (Lipinski definition) is 4. The average Bonchev–Trinajstić information content (AvgIpc) is 2.75. The largest absolute Gasteiger partial charge is 0.573 e. The third-order valence-electron chi connectivity index (χ3n) is 6.43. The van der Waals surface area contributed by atoms with Gasteiger partial charge < -0.3 is 9.47 Å². The number of benzene rings is 2. The molecule has 0 spiro atoms. The number of halogens is 3. The van der Waals surface area contributed by atoms with Gasteiger partial charge in [0.25, 0.3) is 0 Å². The van der Waals surface area contributed by atoms with Crippen molar-refractivity contribution in [2.24, 2.45) is 17.8 Å². The van der Waals surface area contributed by atoms with Crippen molar-refractivity contribution in [1.82, 2.24) is 0 Å². The highest BCUT2D eigenvalue weighted by atomic mass is 19.4. The van der Waals surface area contributed by atoms with Crippen LogP contribution in [-0.4, -0.2) is 17.4 Å². The minimum atomic E-state index is -4.78. The zero-order chi connectivity index (χ0) is 24.2. The molecule has 0 saturated heterocycles. The maximum Gasteiger partial charge on any atom is 0.573 e. The second-order valence-electron chi connectivity index (χ2n) is 8.87. The van der Waals surface area contributed by atoms with E-state index in [9.17, 15) is 23.3 Å². The van der Waals surface area contributed by atoms with Crippen LogP contribution < -0.4 is 9.47 Å². The van der Waals surface area contributed by atoms with Crippen LogP contribution in [0.15, 0.2) is 42.5 Å². The van der Waals surface area contributed by atoms with Gasteiger partial charge in [-0.2, -0.15) is 0 Å². The molecule has 0 bridgehead atoms. The van der Waals surface area contributed by atoms with E-state index >= 15 is 0 Å². The number of hydrogen-bond donors (Lipinski definition) is 0. The standard InChI is InChI=1S/C25H30F3NO4/c1-4-6-17-13-16(3)24(18(5-2)14-17)32-23-12-9-20(15-22(23)29(30)31)19-7-10-21(11-8-19)33-25(26,27)28/h7-12,15-18,24H,4-6,13-14H2,1-3H3/t16-,17?,18?,24?/m0/s1. The Bertz CT molecular complexity index is 946. The smallest absolute Gasteiger partial charge is 0.483 e. The monoisotopic (exact) mass is 465 g/mol. The molecule has 0 N–H and O–H groups in total. The summed E-state index contributed by atoms with van der Waals surface area (Å²) in [7, 11) is 0. The molecule has 5 nitrogen and oxygen atoms in total. The summed E-state index contributed by atoms with van der Waals surface area (Å²) in [6, 6.07) is 9.92. The highest BCUT2D eigenvalue weighted by molar-refractivity contribution is 5.69. The van der Waals surface area contributed by atoms with Gasteiger partial charge in [-0.3, -0.25) is 10.1 Å². The van der Waals surface area contributed by atoms with E-state index in [-0.39, 0.29) is 23.3 Å². The molecule has 0 amide bonds. The first-order chi connectivity index (χ1) is 15.6. The Hall–Kier alpha value is -2.77. The molecular weight excluding hydrogens is 435 g/mol. The van der Waals surface area contributed by atoms with Crippen molar-refractivity contribution >= 4 is 5.69 Å². The Labute approximate surface area is 192 Å². The number of nitro groups is 1. The molecule has 2 aromatic rings. The van der Waals surface area contributed by atoms with Gasteiger partial charge in [-0.15, -0.1) is 13.2 Å². The lowest BCUT2D eigenvalue weighted by Gasteiger charge is -2.40. The van der Waals surface area contributed by atoms with Crippen molar-refractivity contribution in [1.29, 1.82) is 0 Å². The molecule has 180 valence electrons. The summed E-state index contributed by atoms with van der Waals surface area (Å²) in [6.45, 7) is 6.47. The molecule has 0 aromatic heterocycles. The Morgan fingerprint density at radius 3 is 2.30 bits per heavy atom. The lowest BCUT2D eigenvalue weighted by atomic mass is 9.71. The molecule has 1 saturated carbocycles. The molecule has 3 unspecified atom stereocenters. The van der Waals surface area contributed by atoms with Gasteiger partial charge in [0.1, 0.15) is 11.9 Å². The van der Waals surface area contributed by atoms with Gasteiger partial charge in [0, 0.05) is 6.07 Å². The summed E-state index contributed by atoms with van der Waals surface area (Å²) >= 11 is 0. The van der Waals surface area contributed by atoms with Gasteiger partial charge in [0.2, 0.25) is 0 Å². The van der Waals surface area contributed by atoms with Crippen molar-refractivity contribution in [2.45, 2.75) is 65.3 Å². The van der Waals surface area contributed by atoms with Crippen LogP contribution in [0.1, 0.15) is 52.9 Å². The Morgan fingerprint density at radius 1 is 1.06 bits per heavy atom. The second-order valence-corrected chi connectivity index (χ2v) is 8.87. The highest BCUT2D eigenvalue weighted by Crippen LogP contribution is 2.42. The van der Waals surface area contributed by atoms with Crippen molar-refractivity contribution in [3.05, 3.63) is 52.6 Å². The van der Waals surface area contributed by atoms with Crippen LogP contribution in [0.3, 0.4) is 0 Å². The van der Waals surface area contributed by atoms with Gasteiger partial charge in [0.05, 0.1) is 4.92 Å². The summed E-state index contributed by atoms with van der Waals surface area (Å²) in [5.41, 5.74) is 0.902. The summed E-state index contributed by atoms with van der Waals surface area (Å²) in [5.74, 6) is 1.17. The Balaban J connectivity index is 1.82. The van der Waals surface area contributed by atoms with Gasteiger partial charge in [-0.05, 0) is 66.3 Å². The molecule has 0 aliphatic heterocycles. The number of ether oxygens (including phenoxy) is 2. The van der Waals surface area contributed by atoms with Gasteiger partial charge >= 0.3 is 12.0 Å². The van der Waals surface area contributed by atoms with Gasteiger partial charge in [-0.25, -0.2) is 0 Å². The van der Waals surface area contributed by atoms with E-state index in [4.69, 9.17) is 4.74 Å². The van der Waals surface area contributed by atoms with Crippen LogP contribution in [0.5, 0.6) is 11.5 Å². The van der Waals surface area contributed by atoms with Crippen molar-refractivity contribution < 1.29 is 27.6 Å². The van der Waals surface area contributed by atoms with Crippen LogP contribution in [0.2, 0.25) is 0 Å². The van der Waals surface area contributed by atoms with Crippen LogP contribution in [0.25, 0.3) is 11.1 Å². The van der Waals surface area contributed by atoms with E-state index in [1.54, 1.807) is 12.1 Å². The predicted octanol–water partition coefficient (Wildman–Crippen LogP) is 7.78. The SMILES string of the molecule is CCCC1CC(CC)C(Oc2ccc(-c3ccc(OC(F)(F)F)cc3)cc2[N+](=O)[O-])[C@@H](C)C1. The molecular formula is C25H30F3NO4. The van der Waals surface area contributed by atoms with E-state index in [1.165, 1.54) is 36.8 Å². The van der Waals surface area contributed by atoms with Gasteiger partial charge in [-0.1, -0.05) is 51.8 Å². The van der Waals surface area contributed by atoms with Crippen molar-refractivity contribution in [2.75, 3.05) is 0 Å². The fraction of sp³-hybridized carbons (Fsp3) is 0.520. The lowest BCUT2D eigenvalue weighted by Crippen LogP contribution is -2.40. The first kappa shape index (κ1) is 24.9. The molecule has 8 heteroatoms. The topological polar surface area (TPSA) is 61.6 Å². The van der Waals surface area contributed by atoms with Crippen LogP contribution >= 0.6 is 0 Å². The summed E-state index contributed by atoms with van der Waals surface area (Å²) in [6.07, 6.45) is 0.539. The number of nitro benzene ring substituents is 1. The molecule has 0 heterocycles. The quantitative estimate of drug-likeness (QED) is 0.295. The van der Waals surface area contributed by atoms with Crippen molar-refractivity contribution in [3.63, 3.8) is 0 Å². The minimum Gasteiger partial charge on any atom is -0.483 e. The van der Waals surface area contributed by atoms with E-state index in [0.29, 0.717) is 28.9 Å². The predicted molar refractivity (Wildman–Crippen MR) is 120 cm³/mol. The fourth-order valence-electron chi connectivity index (χ4n) is 4.97. The van der Waals surface area contributed by atoms with Crippen LogP contribution in [0, 0.1) is 27.9 Å². The van der Waals surface area contributed by atoms with Gasteiger partial charge in [0.15, 0.2) is 5.75 Å². The van der Waals surface area contributed by atoms with Crippen LogP contribution in [-0.2, 0) is 0 Å². The number of alkyl halides is 3. The van der Waals surface area contributed by atoms with Crippen molar-refractivity contribution in [3.8, 4) is 22.6 Å². The molecule has 4 atom stereocenters. The zero-order valence-corrected chi connectivity index (χ0v) is 19.1. The molecule has 2 aromatic carbocycles. The Morgan fingerprint density at radius 2 is 1.73 bits per heavy atom. The highest BCUT2D eigenvalue weighted by Gasteiger charge is 2.37. The lowest BCUT2D eigenvalue weighted by molar-refractivity contribution is -0.386. The molecule has 1 aliphatic carbocycles. The molecule has 33 heavy (non-hydrogen) atoms. The molecule has 1 fully saturated rings. The fourth-order valence-corrected chi connectivity index (χ4v) is 4.97. The van der Waals surface area contributed by atoms with E-state index in [2.05, 4.69) is 25.5 Å². The normalized spacial score (nSPS) is 23.2. The van der Waals surface area contributed by atoms with E-state index in [0.717, 1.165) is 25.7 Å². The first-order valence-electron chi connectivity index (χ1n) is 11.4. The summed E-state index contributed by atoms with van der Waals surface area (Å²) in [4.78, 5) is 11.3. The molecule has 0 radical (unpaired) electrons. The maximum absolute atomic E-state index is 12.4. The van der Waals surface area contributed by atoms with E-state index in [1.807, 2.05) is 0 Å². The average molecular weight is 466 g/mol. The van der Waals surface area contributed by atoms with Crippen LogP contribution in [0.4, 0.5) is 18.9 Å².